The molecule has 1 aromatic carbocycles. The molecule has 1 fully saturated rings. The van der Waals surface area contributed by atoms with E-state index in [1.807, 2.05) is 24.3 Å². The van der Waals surface area contributed by atoms with Crippen molar-refractivity contribution < 1.29 is 9.53 Å². The molecule has 1 saturated heterocycles. The normalized spacial score (nSPS) is 23.6. The van der Waals surface area contributed by atoms with Crippen molar-refractivity contribution in [3.05, 3.63) is 28.7 Å². The monoisotopic (exact) mass is 340 g/mol. The molecule has 0 aromatic heterocycles. The largest absolute Gasteiger partial charge is 0.373 e. The number of carbonyl (C=O) groups is 1. The lowest BCUT2D eigenvalue weighted by Gasteiger charge is -2.35. The molecular formula is C15H21BrN2O2. The Morgan fingerprint density at radius 3 is 2.50 bits per heavy atom. The molecule has 110 valence electrons. The van der Waals surface area contributed by atoms with Gasteiger partial charge in [-0.05, 0) is 38.1 Å². The molecule has 1 heterocycles. The number of hydrogen-bond donors (Lipinski definition) is 1. The summed E-state index contributed by atoms with van der Waals surface area (Å²) in [6.45, 7) is 6.72. The summed E-state index contributed by atoms with van der Waals surface area (Å²) >= 11 is 3.37. The minimum atomic E-state index is 0.0547. The lowest BCUT2D eigenvalue weighted by Crippen LogP contribution is -2.46. The molecule has 0 saturated carbocycles. The van der Waals surface area contributed by atoms with Crippen LogP contribution in [0.3, 0.4) is 0 Å². The number of carbonyl (C=O) groups excluding carboxylic acids is 1. The van der Waals surface area contributed by atoms with E-state index >= 15 is 0 Å². The Bertz CT molecular complexity index is 440. The third kappa shape index (κ3) is 4.89. The lowest BCUT2D eigenvalue weighted by molar-refractivity contribution is -0.117. The minimum Gasteiger partial charge on any atom is -0.373 e. The average molecular weight is 341 g/mol. The Balaban J connectivity index is 1.76. The number of hydrogen-bond acceptors (Lipinski definition) is 3. The highest BCUT2D eigenvalue weighted by Crippen LogP contribution is 2.15. The fourth-order valence-corrected chi connectivity index (χ4v) is 2.75. The second kappa shape index (κ2) is 7.20. The molecule has 0 spiro atoms. The molecule has 1 aromatic rings. The first kappa shape index (κ1) is 15.5. The highest BCUT2D eigenvalue weighted by molar-refractivity contribution is 9.10. The zero-order valence-corrected chi connectivity index (χ0v) is 13.5. The smallest absolute Gasteiger partial charge is 0.225 e. The first-order chi connectivity index (χ1) is 9.52. The zero-order valence-electron chi connectivity index (χ0n) is 11.9. The summed E-state index contributed by atoms with van der Waals surface area (Å²) in [5, 5.41) is 2.91. The van der Waals surface area contributed by atoms with E-state index in [1.54, 1.807) is 0 Å². The fraction of sp³-hybridized carbons (Fsp3) is 0.533. The summed E-state index contributed by atoms with van der Waals surface area (Å²) in [6, 6.07) is 7.61. The predicted molar refractivity (Wildman–Crippen MR) is 83.8 cm³/mol. The zero-order chi connectivity index (χ0) is 14.5. The van der Waals surface area contributed by atoms with E-state index in [1.165, 1.54) is 0 Å². The molecule has 0 radical (unpaired) electrons. The molecule has 2 atom stereocenters. The standard InChI is InChI=1S/C15H21BrN2O2/c1-11-9-18(10-12(2)20-11)8-7-15(19)17-14-5-3-13(16)4-6-14/h3-6,11-12H,7-10H2,1-2H3,(H,17,19)/t11-,12-/m1/s1. The van der Waals surface area contributed by atoms with E-state index in [0.717, 1.165) is 29.8 Å². The minimum absolute atomic E-state index is 0.0547. The summed E-state index contributed by atoms with van der Waals surface area (Å²) in [4.78, 5) is 14.2. The number of rotatable bonds is 4. The maximum absolute atomic E-state index is 11.9. The highest BCUT2D eigenvalue weighted by Gasteiger charge is 2.22. The van der Waals surface area contributed by atoms with Crippen LogP contribution in [0.2, 0.25) is 0 Å². The maximum atomic E-state index is 11.9. The number of nitrogens with one attached hydrogen (secondary N) is 1. The van der Waals surface area contributed by atoms with Gasteiger partial charge in [0.15, 0.2) is 0 Å². The van der Waals surface area contributed by atoms with Gasteiger partial charge in [-0.2, -0.15) is 0 Å². The van der Waals surface area contributed by atoms with Crippen molar-refractivity contribution >= 4 is 27.5 Å². The Hall–Kier alpha value is -0.910. The van der Waals surface area contributed by atoms with Gasteiger partial charge in [-0.25, -0.2) is 0 Å². The van der Waals surface area contributed by atoms with E-state index in [9.17, 15) is 4.79 Å². The van der Waals surface area contributed by atoms with Gasteiger partial charge >= 0.3 is 0 Å². The van der Waals surface area contributed by atoms with Gasteiger partial charge in [0.25, 0.3) is 0 Å². The van der Waals surface area contributed by atoms with E-state index in [-0.39, 0.29) is 18.1 Å². The number of ether oxygens (including phenoxy) is 1. The van der Waals surface area contributed by atoms with Crippen molar-refractivity contribution in [2.75, 3.05) is 25.0 Å². The Labute approximate surface area is 128 Å². The van der Waals surface area contributed by atoms with Crippen LogP contribution in [0.4, 0.5) is 5.69 Å². The molecule has 4 nitrogen and oxygen atoms in total. The molecule has 1 amide bonds. The van der Waals surface area contributed by atoms with Crippen molar-refractivity contribution in [3.8, 4) is 0 Å². The average Bonchev–Trinajstić information content (AvgIpc) is 2.38. The summed E-state index contributed by atoms with van der Waals surface area (Å²) in [5.74, 6) is 0.0547. The lowest BCUT2D eigenvalue weighted by atomic mass is 10.2. The number of halogens is 1. The number of morpholine rings is 1. The van der Waals surface area contributed by atoms with Crippen LogP contribution in [0.25, 0.3) is 0 Å². The molecule has 5 heteroatoms. The van der Waals surface area contributed by atoms with Gasteiger partial charge in [0.2, 0.25) is 5.91 Å². The molecule has 0 bridgehead atoms. The van der Waals surface area contributed by atoms with Crippen LogP contribution in [-0.2, 0) is 9.53 Å². The number of nitrogens with zero attached hydrogens (tertiary/aromatic N) is 1. The Kier molecular flexibility index (Phi) is 5.57. The molecule has 0 unspecified atom stereocenters. The summed E-state index contributed by atoms with van der Waals surface area (Å²) in [7, 11) is 0. The summed E-state index contributed by atoms with van der Waals surface area (Å²) in [6.07, 6.45) is 0.997. The van der Waals surface area contributed by atoms with E-state index in [2.05, 4.69) is 40.0 Å². The van der Waals surface area contributed by atoms with Gasteiger partial charge < -0.3 is 10.1 Å². The van der Waals surface area contributed by atoms with Crippen molar-refractivity contribution in [3.63, 3.8) is 0 Å². The van der Waals surface area contributed by atoms with E-state index < -0.39 is 0 Å². The van der Waals surface area contributed by atoms with Crippen molar-refractivity contribution in [1.29, 1.82) is 0 Å². The summed E-state index contributed by atoms with van der Waals surface area (Å²) in [5.41, 5.74) is 0.835. The molecule has 20 heavy (non-hydrogen) atoms. The predicted octanol–water partition coefficient (Wildman–Crippen LogP) is 2.89. The fourth-order valence-electron chi connectivity index (χ4n) is 2.48. The Morgan fingerprint density at radius 1 is 1.30 bits per heavy atom. The van der Waals surface area contributed by atoms with Crippen molar-refractivity contribution in [2.24, 2.45) is 0 Å². The van der Waals surface area contributed by atoms with Crippen LogP contribution in [0.5, 0.6) is 0 Å². The first-order valence-electron chi connectivity index (χ1n) is 6.96. The van der Waals surface area contributed by atoms with Gasteiger partial charge in [0, 0.05) is 36.2 Å². The first-order valence-corrected chi connectivity index (χ1v) is 7.75. The molecule has 0 aliphatic carbocycles. The molecular weight excluding hydrogens is 320 g/mol. The molecule has 1 aliphatic rings. The van der Waals surface area contributed by atoms with Crippen LogP contribution in [-0.4, -0.2) is 42.6 Å². The molecule has 1 aliphatic heterocycles. The van der Waals surface area contributed by atoms with Crippen LogP contribution in [0, 0.1) is 0 Å². The maximum Gasteiger partial charge on any atom is 0.225 e. The van der Waals surface area contributed by atoms with Gasteiger partial charge in [-0.3, -0.25) is 9.69 Å². The summed E-state index contributed by atoms with van der Waals surface area (Å²) < 4.78 is 6.69. The third-order valence-corrected chi connectivity index (χ3v) is 3.81. The van der Waals surface area contributed by atoms with Crippen LogP contribution in [0.15, 0.2) is 28.7 Å². The van der Waals surface area contributed by atoms with Gasteiger partial charge in [0.05, 0.1) is 12.2 Å². The van der Waals surface area contributed by atoms with Gasteiger partial charge in [-0.15, -0.1) is 0 Å². The van der Waals surface area contributed by atoms with Crippen LogP contribution < -0.4 is 5.32 Å². The third-order valence-electron chi connectivity index (χ3n) is 3.28. The highest BCUT2D eigenvalue weighted by atomic mass is 79.9. The van der Waals surface area contributed by atoms with E-state index in [0.29, 0.717) is 6.42 Å². The second-order valence-electron chi connectivity index (χ2n) is 5.32. The van der Waals surface area contributed by atoms with Crippen LogP contribution >= 0.6 is 15.9 Å². The molecule has 1 N–H and O–H groups in total. The van der Waals surface area contributed by atoms with Gasteiger partial charge in [-0.1, -0.05) is 15.9 Å². The van der Waals surface area contributed by atoms with Gasteiger partial charge in [0.1, 0.15) is 0 Å². The quantitative estimate of drug-likeness (QED) is 0.916. The van der Waals surface area contributed by atoms with Crippen molar-refractivity contribution in [1.82, 2.24) is 4.90 Å². The Morgan fingerprint density at radius 2 is 1.90 bits per heavy atom. The van der Waals surface area contributed by atoms with E-state index in [4.69, 9.17) is 4.74 Å². The topological polar surface area (TPSA) is 41.6 Å². The second-order valence-corrected chi connectivity index (χ2v) is 6.24. The molecule has 2 rings (SSSR count). The van der Waals surface area contributed by atoms with Crippen molar-refractivity contribution in [2.45, 2.75) is 32.5 Å². The number of anilines is 1. The SMILES string of the molecule is C[C@@H]1CN(CCC(=O)Nc2ccc(Br)cc2)C[C@@H](C)O1. The van der Waals surface area contributed by atoms with Crippen LogP contribution in [0.1, 0.15) is 20.3 Å². The number of amides is 1. The number of benzene rings is 1.